The number of rotatable bonds is 2. The van der Waals surface area contributed by atoms with E-state index >= 15 is 0 Å². The van der Waals surface area contributed by atoms with Crippen LogP contribution in [0, 0.1) is 0 Å². The van der Waals surface area contributed by atoms with Gasteiger partial charge in [-0.1, -0.05) is 18.2 Å². The highest BCUT2D eigenvalue weighted by Crippen LogP contribution is 2.35. The Morgan fingerprint density at radius 2 is 1.76 bits per heavy atom. The zero-order chi connectivity index (χ0) is 12.5. The number of alkyl halides is 3. The molecule has 1 unspecified atom stereocenters. The van der Waals surface area contributed by atoms with Gasteiger partial charge in [-0.05, 0) is 23.8 Å². The van der Waals surface area contributed by atoms with E-state index in [1.807, 2.05) is 0 Å². The first-order chi connectivity index (χ1) is 8.00. The first kappa shape index (κ1) is 11.7. The topological polar surface area (TPSA) is 41.8 Å². The lowest BCUT2D eigenvalue weighted by Gasteiger charge is -2.17. The summed E-state index contributed by atoms with van der Waals surface area (Å²) in [6.07, 6.45) is -2.76. The van der Waals surface area contributed by atoms with E-state index in [1.165, 1.54) is 12.1 Å². The van der Waals surface area contributed by atoms with Crippen LogP contribution < -0.4 is 5.73 Å². The molecule has 0 aliphatic heterocycles. The van der Waals surface area contributed by atoms with E-state index in [-0.39, 0.29) is 5.56 Å². The van der Waals surface area contributed by atoms with Gasteiger partial charge in [-0.2, -0.15) is 13.2 Å². The van der Waals surface area contributed by atoms with Gasteiger partial charge in [0.05, 0.1) is 11.6 Å². The van der Waals surface area contributed by atoms with Gasteiger partial charge in [-0.3, -0.25) is 0 Å². The van der Waals surface area contributed by atoms with Gasteiger partial charge in [-0.15, -0.1) is 0 Å². The molecule has 0 radical (unpaired) electrons. The lowest BCUT2D eigenvalue weighted by atomic mass is 9.98. The van der Waals surface area contributed by atoms with E-state index in [0.29, 0.717) is 5.69 Å². The second-order valence-corrected chi connectivity index (χ2v) is 3.69. The molecule has 17 heavy (non-hydrogen) atoms. The maximum atomic E-state index is 12.8. The summed E-state index contributed by atoms with van der Waals surface area (Å²) in [5.74, 6) is 0. The van der Waals surface area contributed by atoms with Crippen LogP contribution in [0.15, 0.2) is 42.6 Å². The van der Waals surface area contributed by atoms with Gasteiger partial charge in [-0.25, -0.2) is 0 Å². The third kappa shape index (κ3) is 2.34. The number of nitrogens with two attached hydrogens (primary N) is 1. The summed E-state index contributed by atoms with van der Waals surface area (Å²) >= 11 is 0. The molecule has 90 valence electrons. The Hall–Kier alpha value is -1.75. The monoisotopic (exact) mass is 240 g/mol. The van der Waals surface area contributed by atoms with Crippen molar-refractivity contribution in [2.24, 2.45) is 5.73 Å². The SMILES string of the molecule is NC(c1ccc[nH]1)c1ccccc1C(F)(F)F. The fraction of sp³-hybridized carbons (Fsp3) is 0.167. The standard InChI is InChI=1S/C12H11F3N2/c13-12(14,15)9-5-2-1-4-8(9)11(16)10-6-3-7-17-10/h1-7,11,17H,16H2. The summed E-state index contributed by atoms with van der Waals surface area (Å²) in [6, 6.07) is 7.90. The van der Waals surface area contributed by atoms with Gasteiger partial charge >= 0.3 is 6.18 Å². The summed E-state index contributed by atoms with van der Waals surface area (Å²) in [7, 11) is 0. The van der Waals surface area contributed by atoms with E-state index in [4.69, 9.17) is 5.73 Å². The highest BCUT2D eigenvalue weighted by Gasteiger charge is 2.34. The number of benzene rings is 1. The van der Waals surface area contributed by atoms with Gasteiger partial charge in [0.2, 0.25) is 0 Å². The average Bonchev–Trinajstić information content (AvgIpc) is 2.80. The molecule has 2 nitrogen and oxygen atoms in total. The Morgan fingerprint density at radius 1 is 1.06 bits per heavy atom. The molecule has 0 bridgehead atoms. The maximum absolute atomic E-state index is 12.8. The average molecular weight is 240 g/mol. The number of hydrogen-bond donors (Lipinski definition) is 2. The third-order valence-electron chi connectivity index (χ3n) is 2.56. The van der Waals surface area contributed by atoms with Crippen molar-refractivity contribution in [1.82, 2.24) is 4.98 Å². The van der Waals surface area contributed by atoms with Crippen molar-refractivity contribution in [1.29, 1.82) is 0 Å². The summed E-state index contributed by atoms with van der Waals surface area (Å²) in [6.45, 7) is 0. The largest absolute Gasteiger partial charge is 0.416 e. The molecule has 0 aliphatic rings. The summed E-state index contributed by atoms with van der Waals surface area (Å²) in [5, 5.41) is 0. The second kappa shape index (κ2) is 4.25. The molecular weight excluding hydrogens is 229 g/mol. The normalized spacial score (nSPS) is 13.6. The van der Waals surface area contributed by atoms with Crippen molar-refractivity contribution in [2.45, 2.75) is 12.2 Å². The molecule has 0 saturated carbocycles. The minimum atomic E-state index is -4.39. The smallest absolute Gasteiger partial charge is 0.363 e. The van der Waals surface area contributed by atoms with E-state index in [2.05, 4.69) is 4.98 Å². The van der Waals surface area contributed by atoms with E-state index in [0.717, 1.165) is 6.07 Å². The molecule has 0 saturated heterocycles. The van der Waals surface area contributed by atoms with E-state index < -0.39 is 17.8 Å². The molecule has 2 aromatic rings. The van der Waals surface area contributed by atoms with Crippen molar-refractivity contribution in [3.8, 4) is 0 Å². The van der Waals surface area contributed by atoms with Gasteiger partial charge < -0.3 is 10.7 Å². The summed E-state index contributed by atoms with van der Waals surface area (Å²) < 4.78 is 38.4. The molecule has 1 atom stereocenters. The number of aromatic amines is 1. The fourth-order valence-electron chi connectivity index (χ4n) is 1.73. The predicted octanol–water partition coefficient (Wildman–Crippen LogP) is 3.08. The van der Waals surface area contributed by atoms with Crippen LogP contribution in [-0.4, -0.2) is 4.98 Å². The minimum absolute atomic E-state index is 0.0717. The van der Waals surface area contributed by atoms with Crippen LogP contribution in [0.2, 0.25) is 0 Å². The lowest BCUT2D eigenvalue weighted by molar-refractivity contribution is -0.138. The Kier molecular flexibility index (Phi) is 2.93. The third-order valence-corrected chi connectivity index (χ3v) is 2.56. The lowest BCUT2D eigenvalue weighted by Crippen LogP contribution is -2.18. The number of hydrogen-bond acceptors (Lipinski definition) is 1. The number of halogens is 3. The van der Waals surface area contributed by atoms with Crippen molar-refractivity contribution < 1.29 is 13.2 Å². The molecule has 1 heterocycles. The minimum Gasteiger partial charge on any atom is -0.363 e. The first-order valence-electron chi connectivity index (χ1n) is 5.05. The molecule has 0 spiro atoms. The van der Waals surface area contributed by atoms with Gasteiger partial charge in [0.25, 0.3) is 0 Å². The number of aromatic nitrogens is 1. The van der Waals surface area contributed by atoms with Crippen LogP contribution in [0.1, 0.15) is 22.9 Å². The Bertz CT molecular complexity index is 489. The van der Waals surface area contributed by atoms with Crippen LogP contribution in [0.5, 0.6) is 0 Å². The molecule has 1 aromatic heterocycles. The molecule has 0 fully saturated rings. The summed E-state index contributed by atoms with van der Waals surface area (Å²) in [4.78, 5) is 2.82. The van der Waals surface area contributed by atoms with Crippen LogP contribution in [0.25, 0.3) is 0 Å². The Labute approximate surface area is 96.3 Å². The highest BCUT2D eigenvalue weighted by molar-refractivity contribution is 5.36. The van der Waals surface area contributed by atoms with Crippen molar-refractivity contribution >= 4 is 0 Å². The van der Waals surface area contributed by atoms with Crippen LogP contribution in [-0.2, 0) is 6.18 Å². The zero-order valence-electron chi connectivity index (χ0n) is 8.83. The van der Waals surface area contributed by atoms with Crippen molar-refractivity contribution in [3.05, 3.63) is 59.4 Å². The molecule has 0 amide bonds. The quantitative estimate of drug-likeness (QED) is 0.832. The highest BCUT2D eigenvalue weighted by atomic mass is 19.4. The van der Waals surface area contributed by atoms with Crippen LogP contribution >= 0.6 is 0 Å². The molecule has 0 aliphatic carbocycles. The fourth-order valence-corrected chi connectivity index (χ4v) is 1.73. The molecular formula is C12H11F3N2. The predicted molar refractivity (Wildman–Crippen MR) is 58.3 cm³/mol. The molecule has 2 rings (SSSR count). The molecule has 5 heteroatoms. The number of H-pyrrole nitrogens is 1. The van der Waals surface area contributed by atoms with Crippen molar-refractivity contribution in [2.75, 3.05) is 0 Å². The van der Waals surface area contributed by atoms with Crippen molar-refractivity contribution in [3.63, 3.8) is 0 Å². The summed E-state index contributed by atoms with van der Waals surface area (Å²) in [5.41, 5.74) is 5.76. The first-order valence-corrected chi connectivity index (χ1v) is 5.05. The maximum Gasteiger partial charge on any atom is 0.416 e. The van der Waals surface area contributed by atoms with Crippen LogP contribution in [0.3, 0.4) is 0 Å². The Balaban J connectivity index is 2.46. The molecule has 1 aromatic carbocycles. The van der Waals surface area contributed by atoms with Gasteiger partial charge in [0, 0.05) is 11.9 Å². The van der Waals surface area contributed by atoms with E-state index in [9.17, 15) is 13.2 Å². The van der Waals surface area contributed by atoms with Gasteiger partial charge in [0.15, 0.2) is 0 Å². The van der Waals surface area contributed by atoms with E-state index in [1.54, 1.807) is 24.4 Å². The van der Waals surface area contributed by atoms with Crippen LogP contribution in [0.4, 0.5) is 13.2 Å². The number of nitrogens with one attached hydrogen (secondary N) is 1. The molecule has 3 N–H and O–H groups in total. The van der Waals surface area contributed by atoms with Gasteiger partial charge in [0.1, 0.15) is 0 Å². The second-order valence-electron chi connectivity index (χ2n) is 3.69. The zero-order valence-corrected chi connectivity index (χ0v) is 8.83. The Morgan fingerprint density at radius 3 is 2.35 bits per heavy atom.